The summed E-state index contributed by atoms with van der Waals surface area (Å²) >= 11 is 1.75. The Hall–Kier alpha value is -2.48. The highest BCUT2D eigenvalue weighted by Gasteiger charge is 2.25. The van der Waals surface area contributed by atoms with Crippen molar-refractivity contribution in [2.75, 3.05) is 48.5 Å². The minimum Gasteiger partial charge on any atom is -0.489 e. The zero-order chi connectivity index (χ0) is 25.8. The van der Waals surface area contributed by atoms with Crippen molar-refractivity contribution in [3.8, 4) is 5.75 Å². The summed E-state index contributed by atoms with van der Waals surface area (Å²) in [5.41, 5.74) is 3.75. The van der Waals surface area contributed by atoms with E-state index in [4.69, 9.17) is 9.47 Å². The third kappa shape index (κ3) is 8.87. The molecule has 0 spiro atoms. The molecule has 198 valence electrons. The van der Waals surface area contributed by atoms with Gasteiger partial charge in [-0.3, -0.25) is 4.79 Å². The molecule has 3 rings (SSSR count). The quantitative estimate of drug-likeness (QED) is 0.253. The van der Waals surface area contributed by atoms with Gasteiger partial charge >= 0.3 is 5.97 Å². The van der Waals surface area contributed by atoms with E-state index < -0.39 is 0 Å². The standard InChI is InChI=1S/C28H42N4O3S/c1-5-32(20-23-10-8-22(9-11-23)16-27(33)34-6-2)26-12-7-21(3)15-24(26)17-29-28-30-18-25(19-31-28)35-13-14-36-4/h7,12,15,18-19,22-23H,5-6,8-11,13-14,16-17,20H2,1-4H3,(H,29,30,31). The van der Waals surface area contributed by atoms with Crippen molar-refractivity contribution in [1.29, 1.82) is 0 Å². The van der Waals surface area contributed by atoms with E-state index in [0.717, 1.165) is 31.7 Å². The van der Waals surface area contributed by atoms with Gasteiger partial charge in [-0.15, -0.1) is 0 Å². The number of rotatable bonds is 14. The molecule has 0 unspecified atom stereocenters. The maximum atomic E-state index is 11.8. The third-order valence-electron chi connectivity index (χ3n) is 6.78. The Kier molecular flexibility index (Phi) is 11.7. The summed E-state index contributed by atoms with van der Waals surface area (Å²) in [6, 6.07) is 6.68. The van der Waals surface area contributed by atoms with Crippen molar-refractivity contribution in [3.63, 3.8) is 0 Å². The van der Waals surface area contributed by atoms with Gasteiger partial charge in [-0.05, 0) is 76.2 Å². The molecular weight excluding hydrogens is 472 g/mol. The summed E-state index contributed by atoms with van der Waals surface area (Å²) in [5.74, 6) is 3.31. The van der Waals surface area contributed by atoms with Crippen molar-refractivity contribution in [3.05, 3.63) is 41.7 Å². The molecule has 1 aromatic heterocycles. The molecule has 36 heavy (non-hydrogen) atoms. The highest BCUT2D eigenvalue weighted by Crippen LogP contribution is 2.33. The Bertz CT molecular complexity index is 933. The number of hydrogen-bond acceptors (Lipinski definition) is 8. The fraction of sp³-hybridized carbons (Fsp3) is 0.607. The number of aromatic nitrogens is 2. The fourth-order valence-corrected chi connectivity index (χ4v) is 5.10. The van der Waals surface area contributed by atoms with Crippen LogP contribution in [0.2, 0.25) is 0 Å². The average Bonchev–Trinajstić information content (AvgIpc) is 2.88. The summed E-state index contributed by atoms with van der Waals surface area (Å²) in [6.07, 6.45) is 10.6. The van der Waals surface area contributed by atoms with Crippen LogP contribution in [0.1, 0.15) is 57.1 Å². The van der Waals surface area contributed by atoms with Crippen LogP contribution in [0, 0.1) is 18.8 Å². The molecule has 0 aliphatic heterocycles. The largest absolute Gasteiger partial charge is 0.489 e. The number of nitrogens with zero attached hydrogens (tertiary/aromatic N) is 3. The normalized spacial score (nSPS) is 17.4. The molecule has 1 aliphatic carbocycles. The zero-order valence-corrected chi connectivity index (χ0v) is 23.1. The van der Waals surface area contributed by atoms with Gasteiger partial charge < -0.3 is 19.7 Å². The van der Waals surface area contributed by atoms with Crippen LogP contribution in [-0.4, -0.2) is 54.2 Å². The third-order valence-corrected chi connectivity index (χ3v) is 7.36. The van der Waals surface area contributed by atoms with Crippen LogP contribution in [0.5, 0.6) is 5.75 Å². The van der Waals surface area contributed by atoms with Gasteiger partial charge in [-0.25, -0.2) is 9.97 Å². The highest BCUT2D eigenvalue weighted by atomic mass is 32.2. The van der Waals surface area contributed by atoms with E-state index in [1.54, 1.807) is 24.2 Å². The number of esters is 1. The summed E-state index contributed by atoms with van der Waals surface area (Å²) in [4.78, 5) is 23.2. The molecule has 1 saturated carbocycles. The second kappa shape index (κ2) is 14.9. The SMILES string of the molecule is CCOC(=O)CC1CCC(CN(CC)c2ccc(C)cc2CNc2ncc(OCCSC)cn2)CC1. The van der Waals surface area contributed by atoms with Crippen LogP contribution < -0.4 is 15.0 Å². The van der Waals surface area contributed by atoms with E-state index in [2.05, 4.69) is 58.5 Å². The molecule has 0 bridgehead atoms. The van der Waals surface area contributed by atoms with Gasteiger partial charge in [0.05, 0.1) is 25.6 Å². The first-order valence-electron chi connectivity index (χ1n) is 13.2. The Balaban J connectivity index is 1.57. The van der Waals surface area contributed by atoms with E-state index >= 15 is 0 Å². The van der Waals surface area contributed by atoms with E-state index in [1.165, 1.54) is 29.7 Å². The number of carbonyl (C=O) groups excluding carboxylic acids is 1. The lowest BCUT2D eigenvalue weighted by Gasteiger charge is -2.34. The number of benzene rings is 1. The molecular formula is C28H42N4O3S. The van der Waals surface area contributed by atoms with Gasteiger partial charge in [0.15, 0.2) is 5.75 Å². The topological polar surface area (TPSA) is 76.6 Å². The van der Waals surface area contributed by atoms with Gasteiger partial charge in [0, 0.05) is 37.5 Å². The molecule has 0 radical (unpaired) electrons. The van der Waals surface area contributed by atoms with Crippen LogP contribution in [0.25, 0.3) is 0 Å². The number of hydrogen-bond donors (Lipinski definition) is 1. The monoisotopic (exact) mass is 514 g/mol. The number of anilines is 2. The van der Waals surface area contributed by atoms with Gasteiger partial charge in [0.2, 0.25) is 5.95 Å². The summed E-state index contributed by atoms with van der Waals surface area (Å²) < 4.78 is 10.8. The number of aryl methyl sites for hydroxylation is 1. The molecule has 1 fully saturated rings. The number of thioether (sulfide) groups is 1. The Morgan fingerprint density at radius 1 is 1.14 bits per heavy atom. The Labute approximate surface area is 220 Å². The fourth-order valence-electron chi connectivity index (χ4n) is 4.85. The van der Waals surface area contributed by atoms with Gasteiger partial charge in [-0.2, -0.15) is 11.8 Å². The first kappa shape index (κ1) is 28.1. The number of carbonyl (C=O) groups is 1. The number of nitrogens with one attached hydrogen (secondary N) is 1. The number of ether oxygens (including phenoxy) is 2. The first-order valence-corrected chi connectivity index (χ1v) is 14.6. The van der Waals surface area contributed by atoms with Crippen molar-refractivity contribution in [2.45, 2.75) is 59.4 Å². The van der Waals surface area contributed by atoms with Crippen molar-refractivity contribution >= 4 is 29.4 Å². The van der Waals surface area contributed by atoms with Crippen molar-refractivity contribution in [1.82, 2.24) is 9.97 Å². The van der Waals surface area contributed by atoms with Crippen LogP contribution in [0.3, 0.4) is 0 Å². The van der Waals surface area contributed by atoms with Gasteiger partial charge in [0.25, 0.3) is 0 Å². The molecule has 0 amide bonds. The first-order chi connectivity index (χ1) is 17.5. The second-order valence-electron chi connectivity index (χ2n) is 9.50. The molecule has 1 heterocycles. The van der Waals surface area contributed by atoms with Gasteiger partial charge in [0.1, 0.15) is 0 Å². The molecule has 8 heteroatoms. The Morgan fingerprint density at radius 2 is 1.86 bits per heavy atom. The average molecular weight is 515 g/mol. The molecule has 7 nitrogen and oxygen atoms in total. The second-order valence-corrected chi connectivity index (χ2v) is 10.5. The maximum Gasteiger partial charge on any atom is 0.306 e. The summed E-state index contributed by atoms with van der Waals surface area (Å²) in [7, 11) is 0. The summed E-state index contributed by atoms with van der Waals surface area (Å²) in [5, 5.41) is 3.39. The van der Waals surface area contributed by atoms with Crippen LogP contribution >= 0.6 is 11.8 Å². The van der Waals surface area contributed by atoms with Crippen LogP contribution in [0.15, 0.2) is 30.6 Å². The van der Waals surface area contributed by atoms with E-state index in [0.29, 0.717) is 49.7 Å². The molecule has 2 aromatic rings. The smallest absolute Gasteiger partial charge is 0.306 e. The minimum atomic E-state index is -0.0466. The molecule has 1 N–H and O–H groups in total. The van der Waals surface area contributed by atoms with E-state index in [1.807, 2.05) is 6.92 Å². The minimum absolute atomic E-state index is 0.0466. The van der Waals surface area contributed by atoms with Crippen molar-refractivity contribution < 1.29 is 14.3 Å². The molecule has 1 aromatic carbocycles. The van der Waals surface area contributed by atoms with Crippen LogP contribution in [-0.2, 0) is 16.1 Å². The lowest BCUT2D eigenvalue weighted by Crippen LogP contribution is -2.32. The maximum absolute atomic E-state index is 11.8. The Morgan fingerprint density at radius 3 is 2.53 bits per heavy atom. The molecule has 0 atom stereocenters. The zero-order valence-electron chi connectivity index (χ0n) is 22.3. The lowest BCUT2D eigenvalue weighted by molar-refractivity contribution is -0.144. The van der Waals surface area contributed by atoms with Gasteiger partial charge in [-0.1, -0.05) is 17.7 Å². The molecule has 1 aliphatic rings. The van der Waals surface area contributed by atoms with Crippen LogP contribution in [0.4, 0.5) is 11.6 Å². The highest BCUT2D eigenvalue weighted by molar-refractivity contribution is 7.98. The van der Waals surface area contributed by atoms with Crippen molar-refractivity contribution in [2.24, 2.45) is 11.8 Å². The lowest BCUT2D eigenvalue weighted by atomic mass is 9.80. The molecule has 0 saturated heterocycles. The predicted molar refractivity (Wildman–Crippen MR) is 149 cm³/mol. The van der Waals surface area contributed by atoms with E-state index in [-0.39, 0.29) is 5.97 Å². The summed E-state index contributed by atoms with van der Waals surface area (Å²) in [6.45, 7) is 10.0. The predicted octanol–water partition coefficient (Wildman–Crippen LogP) is 5.72. The van der Waals surface area contributed by atoms with E-state index in [9.17, 15) is 4.79 Å².